The molecule has 0 spiro atoms. The molecule has 0 bridgehead atoms. The average molecular weight is 188 g/mol. The number of rotatable bonds is 2. The minimum absolute atomic E-state index is 0.303. The third-order valence-corrected chi connectivity index (χ3v) is 3.27. The smallest absolute Gasteiger partial charge is 0.133 e. The summed E-state index contributed by atoms with van der Waals surface area (Å²) in [5.41, 5.74) is 4.00. The minimum Gasteiger partial charge on any atom is -0.300 e. The van der Waals surface area contributed by atoms with E-state index in [4.69, 9.17) is 0 Å². The molecule has 14 heavy (non-hydrogen) atoms. The molecule has 1 aromatic carbocycles. The van der Waals surface area contributed by atoms with Crippen LogP contribution in [0.25, 0.3) is 0 Å². The SMILES string of the molecule is CC(=O)[C@@H]1C[C@@H]1c1ccc(C)c(C)c1. The zero-order valence-corrected chi connectivity index (χ0v) is 9.00. The van der Waals surface area contributed by atoms with Gasteiger partial charge in [0.05, 0.1) is 0 Å². The Morgan fingerprint density at radius 2 is 2.00 bits per heavy atom. The van der Waals surface area contributed by atoms with Crippen LogP contribution in [0.5, 0.6) is 0 Å². The van der Waals surface area contributed by atoms with Crippen molar-refractivity contribution in [2.45, 2.75) is 33.1 Å². The van der Waals surface area contributed by atoms with Crippen LogP contribution in [0.4, 0.5) is 0 Å². The van der Waals surface area contributed by atoms with Crippen molar-refractivity contribution in [1.29, 1.82) is 0 Å². The maximum absolute atomic E-state index is 11.1. The summed E-state index contributed by atoms with van der Waals surface area (Å²) < 4.78 is 0. The highest BCUT2D eigenvalue weighted by Gasteiger charge is 2.41. The highest BCUT2D eigenvalue weighted by atomic mass is 16.1. The maximum Gasteiger partial charge on any atom is 0.133 e. The van der Waals surface area contributed by atoms with Gasteiger partial charge in [-0.2, -0.15) is 0 Å². The normalized spacial score (nSPS) is 24.8. The number of benzene rings is 1. The largest absolute Gasteiger partial charge is 0.300 e. The van der Waals surface area contributed by atoms with Gasteiger partial charge in [0.1, 0.15) is 5.78 Å². The first-order valence-electron chi connectivity index (χ1n) is 5.17. The Balaban J connectivity index is 2.20. The lowest BCUT2D eigenvalue weighted by molar-refractivity contribution is -0.118. The van der Waals surface area contributed by atoms with Crippen molar-refractivity contribution in [3.05, 3.63) is 34.9 Å². The van der Waals surface area contributed by atoms with Crippen molar-refractivity contribution < 1.29 is 4.79 Å². The van der Waals surface area contributed by atoms with Gasteiger partial charge in [-0.25, -0.2) is 0 Å². The summed E-state index contributed by atoms with van der Waals surface area (Å²) in [7, 11) is 0. The molecular formula is C13H16O. The van der Waals surface area contributed by atoms with Crippen molar-refractivity contribution in [1.82, 2.24) is 0 Å². The molecule has 1 heteroatoms. The number of ketones is 1. The van der Waals surface area contributed by atoms with Crippen LogP contribution >= 0.6 is 0 Å². The van der Waals surface area contributed by atoms with Gasteiger partial charge in [0.2, 0.25) is 0 Å². The van der Waals surface area contributed by atoms with E-state index in [1.54, 1.807) is 6.92 Å². The molecule has 2 rings (SSSR count). The quantitative estimate of drug-likeness (QED) is 0.697. The third-order valence-electron chi connectivity index (χ3n) is 3.27. The fourth-order valence-electron chi connectivity index (χ4n) is 2.01. The number of carbonyl (C=O) groups excluding carboxylic acids is 1. The van der Waals surface area contributed by atoms with Crippen molar-refractivity contribution in [3.63, 3.8) is 0 Å². The minimum atomic E-state index is 0.303. The van der Waals surface area contributed by atoms with E-state index in [0.717, 1.165) is 6.42 Å². The summed E-state index contributed by atoms with van der Waals surface area (Å²) in [6, 6.07) is 6.54. The average Bonchev–Trinajstić information content (AvgIpc) is 2.89. The molecule has 0 amide bonds. The van der Waals surface area contributed by atoms with Crippen molar-refractivity contribution in [3.8, 4) is 0 Å². The second kappa shape index (κ2) is 3.23. The van der Waals surface area contributed by atoms with Crippen molar-refractivity contribution >= 4 is 5.78 Å². The lowest BCUT2D eigenvalue weighted by Gasteiger charge is -2.03. The molecule has 0 saturated heterocycles. The molecule has 0 aromatic heterocycles. The number of carbonyl (C=O) groups is 1. The van der Waals surface area contributed by atoms with Gasteiger partial charge < -0.3 is 0 Å². The van der Waals surface area contributed by atoms with E-state index >= 15 is 0 Å². The molecule has 1 nitrogen and oxygen atoms in total. The summed E-state index contributed by atoms with van der Waals surface area (Å²) >= 11 is 0. The lowest BCUT2D eigenvalue weighted by atomic mass is 10.0. The van der Waals surface area contributed by atoms with Crippen LogP contribution in [0.15, 0.2) is 18.2 Å². The predicted molar refractivity (Wildman–Crippen MR) is 57.4 cm³/mol. The summed E-state index contributed by atoms with van der Waals surface area (Å²) in [6.07, 6.45) is 1.05. The maximum atomic E-state index is 11.1. The Bertz CT molecular complexity index is 379. The molecule has 1 saturated carbocycles. The fourth-order valence-corrected chi connectivity index (χ4v) is 2.01. The van der Waals surface area contributed by atoms with E-state index in [2.05, 4.69) is 32.0 Å². The van der Waals surface area contributed by atoms with E-state index in [1.165, 1.54) is 16.7 Å². The van der Waals surface area contributed by atoms with Crippen LogP contribution in [-0.4, -0.2) is 5.78 Å². The first-order chi connectivity index (χ1) is 6.59. The molecular weight excluding hydrogens is 172 g/mol. The van der Waals surface area contributed by atoms with E-state index in [0.29, 0.717) is 17.6 Å². The van der Waals surface area contributed by atoms with Crippen LogP contribution in [0.2, 0.25) is 0 Å². The van der Waals surface area contributed by atoms with Crippen LogP contribution in [0, 0.1) is 19.8 Å². The van der Waals surface area contributed by atoms with Crippen LogP contribution in [0.3, 0.4) is 0 Å². The molecule has 0 heterocycles. The number of hydrogen-bond donors (Lipinski definition) is 0. The van der Waals surface area contributed by atoms with Gasteiger partial charge in [0.15, 0.2) is 0 Å². The van der Waals surface area contributed by atoms with Crippen LogP contribution < -0.4 is 0 Å². The van der Waals surface area contributed by atoms with Gasteiger partial charge in [-0.3, -0.25) is 4.79 Å². The van der Waals surface area contributed by atoms with Crippen LogP contribution in [-0.2, 0) is 4.79 Å². The van der Waals surface area contributed by atoms with Gasteiger partial charge >= 0.3 is 0 Å². The predicted octanol–water partition coefficient (Wildman–Crippen LogP) is 3.00. The monoisotopic (exact) mass is 188 g/mol. The van der Waals surface area contributed by atoms with Gasteiger partial charge in [-0.1, -0.05) is 18.2 Å². The number of Topliss-reactive ketones (excluding diaryl/α,β-unsaturated/α-hetero) is 1. The summed E-state index contributed by atoms with van der Waals surface area (Å²) in [4.78, 5) is 11.1. The van der Waals surface area contributed by atoms with Crippen molar-refractivity contribution in [2.24, 2.45) is 5.92 Å². The molecule has 1 aromatic rings. The molecule has 1 aliphatic rings. The molecule has 1 aliphatic carbocycles. The third kappa shape index (κ3) is 1.59. The molecule has 0 unspecified atom stereocenters. The lowest BCUT2D eigenvalue weighted by Crippen LogP contribution is -1.95. The molecule has 0 aliphatic heterocycles. The van der Waals surface area contributed by atoms with Crippen LogP contribution in [0.1, 0.15) is 36.0 Å². The highest BCUT2D eigenvalue weighted by Crippen LogP contribution is 2.48. The summed E-state index contributed by atoms with van der Waals surface area (Å²) in [6.45, 7) is 5.95. The van der Waals surface area contributed by atoms with Gasteiger partial charge in [-0.15, -0.1) is 0 Å². The highest BCUT2D eigenvalue weighted by molar-refractivity contribution is 5.82. The molecule has 0 radical (unpaired) electrons. The Hall–Kier alpha value is -1.11. The van der Waals surface area contributed by atoms with Gasteiger partial charge in [0, 0.05) is 5.92 Å². The molecule has 2 atom stereocenters. The first kappa shape index (κ1) is 9.45. The molecule has 1 fully saturated rings. The Morgan fingerprint density at radius 3 is 2.50 bits per heavy atom. The number of hydrogen-bond acceptors (Lipinski definition) is 1. The second-order valence-electron chi connectivity index (χ2n) is 4.40. The summed E-state index contributed by atoms with van der Waals surface area (Å²) in [5, 5.41) is 0. The first-order valence-corrected chi connectivity index (χ1v) is 5.17. The van der Waals surface area contributed by atoms with E-state index in [1.807, 2.05) is 0 Å². The Morgan fingerprint density at radius 1 is 1.29 bits per heavy atom. The van der Waals surface area contributed by atoms with E-state index in [9.17, 15) is 4.79 Å². The Kier molecular flexibility index (Phi) is 2.18. The van der Waals surface area contributed by atoms with E-state index < -0.39 is 0 Å². The number of aryl methyl sites for hydroxylation is 2. The Labute approximate surface area is 85.1 Å². The zero-order valence-electron chi connectivity index (χ0n) is 9.00. The van der Waals surface area contributed by atoms with Gasteiger partial charge in [0.25, 0.3) is 0 Å². The summed E-state index contributed by atoms with van der Waals surface area (Å²) in [5.74, 6) is 1.15. The van der Waals surface area contributed by atoms with Crippen molar-refractivity contribution in [2.75, 3.05) is 0 Å². The topological polar surface area (TPSA) is 17.1 Å². The zero-order chi connectivity index (χ0) is 10.3. The molecule has 0 N–H and O–H groups in total. The van der Waals surface area contributed by atoms with E-state index in [-0.39, 0.29) is 0 Å². The molecule has 74 valence electrons. The fraction of sp³-hybridized carbons (Fsp3) is 0.462. The second-order valence-corrected chi connectivity index (χ2v) is 4.40. The van der Waals surface area contributed by atoms with Gasteiger partial charge in [-0.05, 0) is 49.8 Å². The standard InChI is InChI=1S/C13H16O/c1-8-4-5-11(6-9(8)2)13-7-12(13)10(3)14/h4-6,12-13H,7H2,1-3H3/t12-,13+/m0/s1.